The van der Waals surface area contributed by atoms with E-state index in [-0.39, 0.29) is 10.8 Å². The normalized spacial score (nSPS) is 27.9. The highest BCUT2D eigenvalue weighted by Gasteiger charge is 2.36. The molecular weight excluding hydrogens is 311 g/mol. The van der Waals surface area contributed by atoms with Crippen molar-refractivity contribution in [3.63, 3.8) is 0 Å². The minimum atomic E-state index is -1.10. The van der Waals surface area contributed by atoms with E-state index in [4.69, 9.17) is 11.6 Å². The van der Waals surface area contributed by atoms with Gasteiger partial charge in [-0.15, -0.1) is 0 Å². The lowest BCUT2D eigenvalue weighted by molar-refractivity contribution is -0.384. The molecule has 1 aromatic heterocycles. The highest BCUT2D eigenvalue weighted by molar-refractivity contribution is 6.31. The van der Waals surface area contributed by atoms with Crippen molar-refractivity contribution in [1.82, 2.24) is 14.7 Å². The number of nitro groups is 1. The van der Waals surface area contributed by atoms with E-state index in [1.54, 1.807) is 0 Å². The van der Waals surface area contributed by atoms with Crippen molar-refractivity contribution >= 4 is 17.3 Å². The molecule has 22 heavy (non-hydrogen) atoms. The summed E-state index contributed by atoms with van der Waals surface area (Å²) >= 11 is 5.98. The number of rotatable bonds is 3. The van der Waals surface area contributed by atoms with E-state index in [0.29, 0.717) is 19.0 Å². The first kappa shape index (κ1) is 15.7. The van der Waals surface area contributed by atoms with Gasteiger partial charge < -0.3 is 0 Å². The van der Waals surface area contributed by atoms with Gasteiger partial charge in [-0.3, -0.25) is 15.0 Å². The Morgan fingerprint density at radius 1 is 1.32 bits per heavy atom. The lowest BCUT2D eigenvalue weighted by atomic mass is 9.91. The topological polar surface area (TPSA) is 64.2 Å². The Bertz CT molecular complexity index is 547. The van der Waals surface area contributed by atoms with E-state index in [2.05, 4.69) is 10.00 Å². The van der Waals surface area contributed by atoms with Crippen molar-refractivity contribution in [3.8, 4) is 0 Å². The predicted molar refractivity (Wildman–Crippen MR) is 80.9 cm³/mol. The fourth-order valence-corrected chi connectivity index (χ4v) is 3.95. The van der Waals surface area contributed by atoms with Crippen molar-refractivity contribution < 1.29 is 9.31 Å². The monoisotopic (exact) mass is 330 g/mol. The average molecular weight is 331 g/mol. The van der Waals surface area contributed by atoms with Crippen LogP contribution in [0.2, 0.25) is 5.15 Å². The first-order chi connectivity index (χ1) is 10.6. The van der Waals surface area contributed by atoms with Crippen molar-refractivity contribution in [2.24, 2.45) is 0 Å². The van der Waals surface area contributed by atoms with Crippen LogP contribution in [0.3, 0.4) is 0 Å². The molecule has 0 spiro atoms. The van der Waals surface area contributed by atoms with Gasteiger partial charge >= 0.3 is 5.69 Å². The Morgan fingerprint density at radius 3 is 2.64 bits per heavy atom. The van der Waals surface area contributed by atoms with E-state index < -0.39 is 17.1 Å². The molecule has 0 radical (unpaired) electrons. The highest BCUT2D eigenvalue weighted by Crippen LogP contribution is 2.34. The van der Waals surface area contributed by atoms with Crippen molar-refractivity contribution in [2.75, 3.05) is 13.1 Å². The van der Waals surface area contributed by atoms with E-state index in [0.717, 1.165) is 25.6 Å². The number of alkyl halides is 1. The first-order valence-corrected chi connectivity index (χ1v) is 8.21. The molecule has 1 aromatic rings. The van der Waals surface area contributed by atoms with Crippen LogP contribution in [-0.4, -0.2) is 44.9 Å². The molecule has 122 valence electrons. The van der Waals surface area contributed by atoms with Crippen LogP contribution in [0.25, 0.3) is 0 Å². The molecule has 0 aromatic carbocycles. The molecule has 1 aliphatic carbocycles. The smallest absolute Gasteiger partial charge is 0.297 e. The first-order valence-electron chi connectivity index (χ1n) is 7.83. The van der Waals surface area contributed by atoms with Crippen LogP contribution >= 0.6 is 11.6 Å². The van der Waals surface area contributed by atoms with Crippen LogP contribution < -0.4 is 0 Å². The van der Waals surface area contributed by atoms with E-state index in [9.17, 15) is 14.5 Å². The number of likely N-dealkylation sites (tertiary alicyclic amines) is 1. The molecule has 8 heteroatoms. The molecule has 2 aliphatic rings. The average Bonchev–Trinajstić information content (AvgIpc) is 2.90. The molecule has 2 heterocycles. The zero-order valence-electron chi connectivity index (χ0n) is 12.3. The number of hydrogen-bond acceptors (Lipinski definition) is 4. The van der Waals surface area contributed by atoms with Crippen LogP contribution in [0.1, 0.15) is 44.6 Å². The summed E-state index contributed by atoms with van der Waals surface area (Å²) < 4.78 is 15.9. The maximum atomic E-state index is 14.6. The molecular formula is C14H20ClFN4O2. The summed E-state index contributed by atoms with van der Waals surface area (Å²) in [5.74, 6) is 0. The third-order valence-corrected chi connectivity index (χ3v) is 5.22. The van der Waals surface area contributed by atoms with Gasteiger partial charge in [-0.05, 0) is 19.3 Å². The molecule has 0 amide bonds. The second-order valence-electron chi connectivity index (χ2n) is 6.18. The molecule has 1 aliphatic heterocycles. The molecule has 1 saturated heterocycles. The zero-order valence-corrected chi connectivity index (χ0v) is 13.1. The fraction of sp³-hybridized carbons (Fsp3) is 0.786. The van der Waals surface area contributed by atoms with E-state index in [1.165, 1.54) is 23.9 Å². The Balaban J connectivity index is 1.69. The highest BCUT2D eigenvalue weighted by atomic mass is 35.5. The van der Waals surface area contributed by atoms with Gasteiger partial charge in [-0.2, -0.15) is 5.10 Å². The number of aromatic nitrogens is 2. The number of piperidine rings is 1. The maximum Gasteiger partial charge on any atom is 0.325 e. The number of halogens is 2. The Morgan fingerprint density at radius 2 is 2.05 bits per heavy atom. The largest absolute Gasteiger partial charge is 0.325 e. The van der Waals surface area contributed by atoms with Gasteiger partial charge in [0.1, 0.15) is 12.4 Å². The summed E-state index contributed by atoms with van der Waals surface area (Å²) in [4.78, 5) is 12.5. The lowest BCUT2D eigenvalue weighted by Gasteiger charge is -2.40. The maximum absolute atomic E-state index is 14.6. The van der Waals surface area contributed by atoms with Crippen LogP contribution in [0, 0.1) is 10.1 Å². The van der Waals surface area contributed by atoms with Gasteiger partial charge in [-0.1, -0.05) is 30.9 Å². The summed E-state index contributed by atoms with van der Waals surface area (Å²) in [5.41, 5.74) is -0.261. The van der Waals surface area contributed by atoms with Gasteiger partial charge in [0.25, 0.3) is 0 Å². The minimum Gasteiger partial charge on any atom is -0.297 e. The van der Waals surface area contributed by atoms with Crippen LogP contribution in [-0.2, 0) is 0 Å². The summed E-state index contributed by atoms with van der Waals surface area (Å²) in [6.07, 6.45) is 6.58. The van der Waals surface area contributed by atoms with Gasteiger partial charge in [0.2, 0.25) is 5.15 Å². The molecule has 0 bridgehead atoms. The second kappa shape index (κ2) is 6.50. The molecule has 0 N–H and O–H groups in total. The Hall–Kier alpha value is -1.21. The quantitative estimate of drug-likeness (QED) is 0.629. The van der Waals surface area contributed by atoms with Crippen molar-refractivity contribution in [3.05, 3.63) is 21.5 Å². The Kier molecular flexibility index (Phi) is 4.63. The third-order valence-electron chi connectivity index (χ3n) is 4.86. The van der Waals surface area contributed by atoms with Crippen LogP contribution in [0.4, 0.5) is 10.1 Å². The molecule has 3 rings (SSSR count). The van der Waals surface area contributed by atoms with Gasteiger partial charge in [0.15, 0.2) is 0 Å². The van der Waals surface area contributed by atoms with Crippen LogP contribution in [0.15, 0.2) is 6.20 Å². The van der Waals surface area contributed by atoms with Crippen molar-refractivity contribution in [1.29, 1.82) is 0 Å². The van der Waals surface area contributed by atoms with Crippen LogP contribution in [0.5, 0.6) is 0 Å². The summed E-state index contributed by atoms with van der Waals surface area (Å²) in [6, 6.07) is -0.0311. The fourth-order valence-electron chi connectivity index (χ4n) is 3.66. The standard InChI is InChI=1S/C14H20ClFN4O2/c15-14-13(20(21)22)8-17-19(14)12-6-7-18(9-11(12)16)10-4-2-1-3-5-10/h8,10-12H,1-7,9H2. The van der Waals surface area contributed by atoms with Gasteiger partial charge in [0, 0.05) is 19.1 Å². The predicted octanol–water partition coefficient (Wildman–Crippen LogP) is 3.36. The molecule has 6 nitrogen and oxygen atoms in total. The molecule has 2 fully saturated rings. The molecule has 2 unspecified atom stereocenters. The minimum absolute atomic E-state index is 0.0798. The van der Waals surface area contributed by atoms with Gasteiger partial charge in [-0.25, -0.2) is 9.07 Å². The van der Waals surface area contributed by atoms with Gasteiger partial charge in [0.05, 0.1) is 11.0 Å². The zero-order chi connectivity index (χ0) is 15.7. The van der Waals surface area contributed by atoms with Crippen molar-refractivity contribution in [2.45, 2.75) is 56.8 Å². The van der Waals surface area contributed by atoms with E-state index >= 15 is 0 Å². The second-order valence-corrected chi connectivity index (χ2v) is 6.54. The lowest BCUT2D eigenvalue weighted by Crippen LogP contribution is -2.48. The number of hydrogen-bond donors (Lipinski definition) is 0. The third kappa shape index (κ3) is 2.96. The van der Waals surface area contributed by atoms with E-state index in [1.807, 2.05) is 0 Å². The molecule has 1 saturated carbocycles. The summed E-state index contributed by atoms with van der Waals surface area (Å²) in [7, 11) is 0. The summed E-state index contributed by atoms with van der Waals surface area (Å²) in [5, 5.41) is 14.7. The summed E-state index contributed by atoms with van der Waals surface area (Å²) in [6.45, 7) is 1.15. The number of nitrogens with zero attached hydrogens (tertiary/aromatic N) is 4. The Labute approximate surface area is 133 Å². The molecule has 2 atom stereocenters. The SMILES string of the molecule is O=[N+]([O-])c1cnn(C2CCN(C3CCCCC3)CC2F)c1Cl.